The van der Waals surface area contributed by atoms with Gasteiger partial charge in [0.15, 0.2) is 5.11 Å². The largest absolute Gasteiger partial charge is 0.379 e. The normalized spacial score (nSPS) is 15.0. The van der Waals surface area contributed by atoms with Crippen molar-refractivity contribution in [2.75, 3.05) is 39.4 Å². The number of carbonyl (C=O) groups is 1. The number of nitrogens with one attached hydrogen (secondary N) is 2. The summed E-state index contributed by atoms with van der Waals surface area (Å²) in [4.78, 5) is 24.4. The van der Waals surface area contributed by atoms with E-state index >= 15 is 0 Å². The lowest BCUT2D eigenvalue weighted by Crippen LogP contribution is -2.44. The Morgan fingerprint density at radius 1 is 1.39 bits per heavy atom. The molecular formula is C14H18N4O4S. The van der Waals surface area contributed by atoms with Crippen molar-refractivity contribution in [1.29, 1.82) is 0 Å². The fourth-order valence-corrected chi connectivity index (χ4v) is 2.33. The first-order chi connectivity index (χ1) is 11.1. The van der Waals surface area contributed by atoms with Crippen LogP contribution in [0.25, 0.3) is 0 Å². The van der Waals surface area contributed by atoms with Crippen LogP contribution in [0.5, 0.6) is 0 Å². The first kappa shape index (κ1) is 17.3. The van der Waals surface area contributed by atoms with Crippen molar-refractivity contribution >= 4 is 28.9 Å². The van der Waals surface area contributed by atoms with Gasteiger partial charge in [0.2, 0.25) is 0 Å². The fourth-order valence-electron chi connectivity index (χ4n) is 2.13. The van der Waals surface area contributed by atoms with E-state index in [2.05, 4.69) is 15.5 Å². The number of carbonyl (C=O) groups excluding carboxylic acids is 1. The molecule has 8 nitrogen and oxygen atoms in total. The summed E-state index contributed by atoms with van der Waals surface area (Å²) in [6.07, 6.45) is 0. The number of benzene rings is 1. The molecule has 0 unspecified atom stereocenters. The Kier molecular flexibility index (Phi) is 6.39. The second-order valence-corrected chi connectivity index (χ2v) is 5.38. The molecule has 0 radical (unpaired) electrons. The van der Waals surface area contributed by atoms with Crippen LogP contribution in [-0.4, -0.2) is 60.2 Å². The van der Waals surface area contributed by atoms with Crippen LogP contribution in [0.2, 0.25) is 0 Å². The van der Waals surface area contributed by atoms with Crippen LogP contribution >= 0.6 is 12.2 Å². The molecular weight excluding hydrogens is 320 g/mol. The summed E-state index contributed by atoms with van der Waals surface area (Å²) in [5, 5.41) is 16.4. The van der Waals surface area contributed by atoms with Crippen LogP contribution in [0.4, 0.5) is 5.69 Å². The molecule has 1 aliphatic rings. The van der Waals surface area contributed by atoms with E-state index in [9.17, 15) is 14.9 Å². The van der Waals surface area contributed by atoms with Crippen molar-refractivity contribution in [3.05, 3.63) is 39.9 Å². The van der Waals surface area contributed by atoms with E-state index in [1.54, 1.807) is 0 Å². The zero-order chi connectivity index (χ0) is 16.7. The molecule has 1 saturated heterocycles. The first-order valence-corrected chi connectivity index (χ1v) is 7.61. The van der Waals surface area contributed by atoms with Crippen LogP contribution in [-0.2, 0) is 4.74 Å². The third kappa shape index (κ3) is 5.55. The average molecular weight is 338 g/mol. The van der Waals surface area contributed by atoms with Gasteiger partial charge in [0.25, 0.3) is 11.6 Å². The van der Waals surface area contributed by atoms with E-state index in [0.717, 1.165) is 32.8 Å². The number of thiocarbonyl (C=S) groups is 1. The van der Waals surface area contributed by atoms with E-state index in [0.29, 0.717) is 6.54 Å². The SMILES string of the molecule is O=C(NC(=S)NCCN1CCOCC1)c1cccc([N+](=O)[O-])c1. The van der Waals surface area contributed by atoms with Crippen LogP contribution in [0.15, 0.2) is 24.3 Å². The molecule has 0 atom stereocenters. The Labute approximate surface area is 138 Å². The van der Waals surface area contributed by atoms with E-state index in [-0.39, 0.29) is 16.4 Å². The molecule has 0 aromatic heterocycles. The summed E-state index contributed by atoms with van der Waals surface area (Å²) in [5.74, 6) is -0.474. The van der Waals surface area contributed by atoms with Crippen molar-refractivity contribution in [3.63, 3.8) is 0 Å². The van der Waals surface area contributed by atoms with Gasteiger partial charge < -0.3 is 10.1 Å². The molecule has 9 heteroatoms. The molecule has 1 heterocycles. The van der Waals surface area contributed by atoms with Gasteiger partial charge in [-0.2, -0.15) is 0 Å². The van der Waals surface area contributed by atoms with Gasteiger partial charge in [-0.15, -0.1) is 0 Å². The molecule has 0 aliphatic carbocycles. The summed E-state index contributed by atoms with van der Waals surface area (Å²) >= 11 is 5.06. The highest BCUT2D eigenvalue weighted by molar-refractivity contribution is 7.80. The quantitative estimate of drug-likeness (QED) is 0.459. The molecule has 2 N–H and O–H groups in total. The van der Waals surface area contributed by atoms with Crippen LogP contribution < -0.4 is 10.6 Å². The maximum absolute atomic E-state index is 12.0. The Balaban J connectivity index is 1.76. The third-order valence-corrected chi connectivity index (χ3v) is 3.61. The Morgan fingerprint density at radius 2 is 2.13 bits per heavy atom. The van der Waals surface area contributed by atoms with Crippen molar-refractivity contribution in [1.82, 2.24) is 15.5 Å². The molecule has 23 heavy (non-hydrogen) atoms. The lowest BCUT2D eigenvalue weighted by Gasteiger charge is -2.26. The number of ether oxygens (including phenoxy) is 1. The van der Waals surface area contributed by atoms with Crippen LogP contribution in [0.3, 0.4) is 0 Å². The van der Waals surface area contributed by atoms with Crippen molar-refractivity contribution < 1.29 is 14.5 Å². The number of non-ortho nitro benzene ring substituents is 1. The van der Waals surface area contributed by atoms with Gasteiger partial charge >= 0.3 is 0 Å². The first-order valence-electron chi connectivity index (χ1n) is 7.20. The van der Waals surface area contributed by atoms with Gasteiger partial charge in [0.05, 0.1) is 18.1 Å². The number of nitrogens with zero attached hydrogens (tertiary/aromatic N) is 2. The molecule has 0 spiro atoms. The summed E-state index contributed by atoms with van der Waals surface area (Å²) in [5.41, 5.74) is 0.0559. The van der Waals surface area contributed by atoms with Gasteiger partial charge in [-0.25, -0.2) is 0 Å². The van der Waals surface area contributed by atoms with Crippen LogP contribution in [0.1, 0.15) is 10.4 Å². The summed E-state index contributed by atoms with van der Waals surface area (Å²) < 4.78 is 5.26. The molecule has 1 aliphatic heterocycles. The fraction of sp³-hybridized carbons (Fsp3) is 0.429. The van der Waals surface area contributed by atoms with E-state index in [4.69, 9.17) is 17.0 Å². The smallest absolute Gasteiger partial charge is 0.270 e. The number of nitro benzene ring substituents is 1. The van der Waals surface area contributed by atoms with Crippen LogP contribution in [0, 0.1) is 10.1 Å². The summed E-state index contributed by atoms with van der Waals surface area (Å²) in [6, 6.07) is 5.50. The lowest BCUT2D eigenvalue weighted by atomic mass is 10.2. The predicted molar refractivity (Wildman–Crippen MR) is 88.4 cm³/mol. The second kappa shape index (κ2) is 8.51. The molecule has 2 rings (SSSR count). The number of hydrogen-bond donors (Lipinski definition) is 2. The number of rotatable bonds is 5. The minimum Gasteiger partial charge on any atom is -0.379 e. The van der Waals surface area contributed by atoms with Gasteiger partial charge in [0.1, 0.15) is 0 Å². The topological polar surface area (TPSA) is 96.7 Å². The molecule has 1 fully saturated rings. The Morgan fingerprint density at radius 3 is 2.83 bits per heavy atom. The third-order valence-electron chi connectivity index (χ3n) is 3.36. The van der Waals surface area contributed by atoms with E-state index in [1.807, 2.05) is 0 Å². The predicted octanol–water partition coefficient (Wildman–Crippen LogP) is 0.531. The molecule has 0 bridgehead atoms. The zero-order valence-corrected chi connectivity index (χ0v) is 13.3. The molecule has 1 aromatic rings. The molecule has 1 aromatic carbocycles. The Hall–Kier alpha value is -2.10. The summed E-state index contributed by atoms with van der Waals surface area (Å²) in [7, 11) is 0. The van der Waals surface area contributed by atoms with Crippen molar-refractivity contribution in [3.8, 4) is 0 Å². The van der Waals surface area contributed by atoms with E-state index in [1.165, 1.54) is 24.3 Å². The maximum Gasteiger partial charge on any atom is 0.270 e. The highest BCUT2D eigenvalue weighted by atomic mass is 32.1. The highest BCUT2D eigenvalue weighted by Gasteiger charge is 2.13. The number of amides is 1. The molecule has 124 valence electrons. The monoisotopic (exact) mass is 338 g/mol. The summed E-state index contributed by atoms with van der Waals surface area (Å²) in [6.45, 7) is 4.63. The Bertz CT molecular complexity index is 590. The van der Waals surface area contributed by atoms with Gasteiger partial charge in [-0.05, 0) is 18.3 Å². The zero-order valence-electron chi connectivity index (χ0n) is 12.5. The van der Waals surface area contributed by atoms with Gasteiger partial charge in [-0.1, -0.05) is 6.07 Å². The average Bonchev–Trinajstić information content (AvgIpc) is 2.56. The molecule has 0 saturated carbocycles. The van der Waals surface area contributed by atoms with Crippen molar-refractivity contribution in [2.45, 2.75) is 0 Å². The standard InChI is InChI=1S/C14H18N4O4S/c19-13(11-2-1-3-12(10-11)18(20)21)16-14(23)15-4-5-17-6-8-22-9-7-17/h1-3,10H,4-9H2,(H2,15,16,19,23). The van der Waals surface area contributed by atoms with Crippen molar-refractivity contribution in [2.24, 2.45) is 0 Å². The van der Waals surface area contributed by atoms with Gasteiger partial charge in [-0.3, -0.25) is 25.1 Å². The van der Waals surface area contributed by atoms with E-state index < -0.39 is 10.8 Å². The number of hydrogen-bond acceptors (Lipinski definition) is 6. The number of morpholine rings is 1. The minimum atomic E-state index is -0.546. The minimum absolute atomic E-state index is 0.135. The maximum atomic E-state index is 12.0. The highest BCUT2D eigenvalue weighted by Crippen LogP contribution is 2.12. The number of nitro groups is 1. The second-order valence-electron chi connectivity index (χ2n) is 4.97. The molecule has 1 amide bonds. The lowest BCUT2D eigenvalue weighted by molar-refractivity contribution is -0.384. The van der Waals surface area contributed by atoms with Gasteiger partial charge in [0, 0.05) is 43.9 Å².